The zero-order valence-electron chi connectivity index (χ0n) is 10.2. The maximum Gasteiger partial charge on any atom is 0.137 e. The Bertz CT molecular complexity index is 342. The summed E-state index contributed by atoms with van der Waals surface area (Å²) in [6.07, 6.45) is 0. The van der Waals surface area contributed by atoms with Crippen LogP contribution in [0.4, 0.5) is 4.39 Å². The average molecular weight is 305 g/mol. The second-order valence-corrected chi connectivity index (χ2v) is 5.03. The summed E-state index contributed by atoms with van der Waals surface area (Å²) < 4.78 is 24.4. The highest BCUT2D eigenvalue weighted by molar-refractivity contribution is 9.10. The predicted molar refractivity (Wildman–Crippen MR) is 69.4 cm³/mol. The van der Waals surface area contributed by atoms with E-state index in [2.05, 4.69) is 29.8 Å². The molecule has 0 saturated heterocycles. The molecule has 96 valence electrons. The molecule has 0 unspecified atom stereocenters. The van der Waals surface area contributed by atoms with Gasteiger partial charge >= 0.3 is 0 Å². The molecule has 0 aliphatic carbocycles. The van der Waals surface area contributed by atoms with Gasteiger partial charge < -0.3 is 9.47 Å². The fourth-order valence-corrected chi connectivity index (χ4v) is 1.66. The molecule has 0 spiro atoms. The van der Waals surface area contributed by atoms with E-state index < -0.39 is 0 Å². The van der Waals surface area contributed by atoms with E-state index in [0.717, 1.165) is 12.2 Å². The molecule has 0 bridgehead atoms. The molecule has 0 saturated carbocycles. The third kappa shape index (κ3) is 5.61. The Morgan fingerprint density at radius 2 is 1.94 bits per heavy atom. The molecule has 0 aromatic heterocycles. The molecule has 0 radical (unpaired) electrons. The SMILES string of the molecule is CC(C)COCCOCc1cccc(F)c1Br. The van der Waals surface area contributed by atoms with Crippen LogP contribution in [0.15, 0.2) is 22.7 Å². The lowest BCUT2D eigenvalue weighted by molar-refractivity contribution is 0.0312. The minimum Gasteiger partial charge on any atom is -0.379 e. The van der Waals surface area contributed by atoms with E-state index in [9.17, 15) is 4.39 Å². The monoisotopic (exact) mass is 304 g/mol. The third-order valence-corrected chi connectivity index (χ3v) is 3.00. The molecule has 2 nitrogen and oxygen atoms in total. The van der Waals surface area contributed by atoms with Gasteiger partial charge in [0.15, 0.2) is 0 Å². The Morgan fingerprint density at radius 1 is 1.24 bits per heavy atom. The van der Waals surface area contributed by atoms with Gasteiger partial charge in [-0.25, -0.2) is 4.39 Å². The predicted octanol–water partition coefficient (Wildman–Crippen LogP) is 3.78. The van der Waals surface area contributed by atoms with E-state index in [-0.39, 0.29) is 5.82 Å². The van der Waals surface area contributed by atoms with Crippen molar-refractivity contribution in [3.8, 4) is 0 Å². The number of benzene rings is 1. The number of halogens is 2. The Kier molecular flexibility index (Phi) is 6.70. The van der Waals surface area contributed by atoms with Crippen LogP contribution in [0, 0.1) is 11.7 Å². The first kappa shape index (κ1) is 14.6. The van der Waals surface area contributed by atoms with Crippen molar-refractivity contribution >= 4 is 15.9 Å². The lowest BCUT2D eigenvalue weighted by atomic mass is 10.2. The minimum absolute atomic E-state index is 0.262. The topological polar surface area (TPSA) is 18.5 Å². The van der Waals surface area contributed by atoms with Crippen LogP contribution < -0.4 is 0 Å². The van der Waals surface area contributed by atoms with Crippen LogP contribution in [0.25, 0.3) is 0 Å². The number of rotatable bonds is 7. The van der Waals surface area contributed by atoms with Gasteiger partial charge in [-0.15, -0.1) is 0 Å². The number of hydrogen-bond donors (Lipinski definition) is 0. The molecule has 0 N–H and O–H groups in total. The summed E-state index contributed by atoms with van der Waals surface area (Å²) in [5.41, 5.74) is 0.814. The van der Waals surface area contributed by atoms with Gasteiger partial charge in [-0.2, -0.15) is 0 Å². The number of ether oxygens (including phenoxy) is 2. The van der Waals surface area contributed by atoms with Crippen molar-refractivity contribution < 1.29 is 13.9 Å². The first-order valence-electron chi connectivity index (χ1n) is 5.69. The summed E-state index contributed by atoms with van der Waals surface area (Å²) in [5.74, 6) is 0.273. The summed E-state index contributed by atoms with van der Waals surface area (Å²) in [4.78, 5) is 0. The van der Waals surface area contributed by atoms with Gasteiger partial charge in [-0.1, -0.05) is 26.0 Å². The third-order valence-electron chi connectivity index (χ3n) is 2.11. The first-order valence-corrected chi connectivity index (χ1v) is 6.49. The molecule has 0 atom stereocenters. The van der Waals surface area contributed by atoms with Crippen LogP contribution in [-0.4, -0.2) is 19.8 Å². The second kappa shape index (κ2) is 7.80. The fraction of sp³-hybridized carbons (Fsp3) is 0.538. The van der Waals surface area contributed by atoms with Gasteiger partial charge in [-0.3, -0.25) is 0 Å². The molecular formula is C13H18BrFO2. The lowest BCUT2D eigenvalue weighted by Crippen LogP contribution is -2.08. The van der Waals surface area contributed by atoms with Crippen LogP contribution in [0.3, 0.4) is 0 Å². The van der Waals surface area contributed by atoms with Crippen molar-refractivity contribution in [2.75, 3.05) is 19.8 Å². The van der Waals surface area contributed by atoms with Gasteiger partial charge in [0.1, 0.15) is 5.82 Å². The molecule has 0 aliphatic heterocycles. The molecule has 1 aromatic rings. The summed E-state index contributed by atoms with van der Waals surface area (Å²) in [6.45, 7) is 6.44. The van der Waals surface area contributed by atoms with Crippen molar-refractivity contribution in [1.29, 1.82) is 0 Å². The molecule has 4 heteroatoms. The standard InChI is InChI=1S/C13H18BrFO2/c1-10(2)8-16-6-7-17-9-11-4-3-5-12(15)13(11)14/h3-5,10H,6-9H2,1-2H3. The van der Waals surface area contributed by atoms with Gasteiger partial charge in [0.25, 0.3) is 0 Å². The van der Waals surface area contributed by atoms with Crippen molar-refractivity contribution in [3.05, 3.63) is 34.1 Å². The van der Waals surface area contributed by atoms with Crippen LogP contribution >= 0.6 is 15.9 Å². The van der Waals surface area contributed by atoms with Crippen LogP contribution in [0.5, 0.6) is 0 Å². The van der Waals surface area contributed by atoms with Crippen LogP contribution in [0.1, 0.15) is 19.4 Å². The van der Waals surface area contributed by atoms with E-state index in [0.29, 0.717) is 30.2 Å². The quantitative estimate of drug-likeness (QED) is 0.714. The van der Waals surface area contributed by atoms with Gasteiger partial charge in [-0.05, 0) is 33.5 Å². The molecule has 0 amide bonds. The molecule has 0 aliphatic rings. The largest absolute Gasteiger partial charge is 0.379 e. The van der Waals surface area contributed by atoms with Crippen molar-refractivity contribution in [3.63, 3.8) is 0 Å². The summed E-state index contributed by atoms with van der Waals surface area (Å²) in [6, 6.07) is 4.93. The maximum atomic E-state index is 13.2. The number of hydrogen-bond acceptors (Lipinski definition) is 2. The fourth-order valence-electron chi connectivity index (χ4n) is 1.28. The maximum absolute atomic E-state index is 13.2. The molecule has 17 heavy (non-hydrogen) atoms. The minimum atomic E-state index is -0.262. The molecule has 0 fully saturated rings. The summed E-state index contributed by atoms with van der Waals surface area (Å²) in [5, 5.41) is 0. The Hall–Kier alpha value is -0.450. The lowest BCUT2D eigenvalue weighted by Gasteiger charge is -2.08. The van der Waals surface area contributed by atoms with Crippen molar-refractivity contribution in [2.24, 2.45) is 5.92 Å². The van der Waals surface area contributed by atoms with E-state index in [4.69, 9.17) is 9.47 Å². The molecule has 1 aromatic carbocycles. The highest BCUT2D eigenvalue weighted by atomic mass is 79.9. The van der Waals surface area contributed by atoms with Crippen LogP contribution in [0.2, 0.25) is 0 Å². The molecular weight excluding hydrogens is 287 g/mol. The normalized spacial score (nSPS) is 11.1. The molecule has 1 rings (SSSR count). The Balaban J connectivity index is 2.20. The first-order chi connectivity index (χ1) is 8.11. The average Bonchev–Trinajstić information content (AvgIpc) is 2.28. The van der Waals surface area contributed by atoms with E-state index in [1.165, 1.54) is 6.07 Å². The van der Waals surface area contributed by atoms with Crippen molar-refractivity contribution in [2.45, 2.75) is 20.5 Å². The van der Waals surface area contributed by atoms with Crippen LogP contribution in [-0.2, 0) is 16.1 Å². The Morgan fingerprint density at radius 3 is 2.65 bits per heavy atom. The zero-order chi connectivity index (χ0) is 12.7. The van der Waals surface area contributed by atoms with E-state index in [1.54, 1.807) is 6.07 Å². The highest BCUT2D eigenvalue weighted by Gasteiger charge is 2.04. The summed E-state index contributed by atoms with van der Waals surface area (Å²) >= 11 is 3.20. The Labute approximate surface area is 110 Å². The van der Waals surface area contributed by atoms with E-state index in [1.807, 2.05) is 6.07 Å². The van der Waals surface area contributed by atoms with Gasteiger partial charge in [0.05, 0.1) is 24.3 Å². The highest BCUT2D eigenvalue weighted by Crippen LogP contribution is 2.20. The smallest absolute Gasteiger partial charge is 0.137 e. The van der Waals surface area contributed by atoms with Gasteiger partial charge in [0, 0.05) is 6.61 Å². The van der Waals surface area contributed by atoms with Gasteiger partial charge in [0.2, 0.25) is 0 Å². The zero-order valence-corrected chi connectivity index (χ0v) is 11.8. The second-order valence-electron chi connectivity index (χ2n) is 4.23. The van der Waals surface area contributed by atoms with E-state index >= 15 is 0 Å². The van der Waals surface area contributed by atoms with Crippen molar-refractivity contribution in [1.82, 2.24) is 0 Å². The summed E-state index contributed by atoms with van der Waals surface area (Å²) in [7, 11) is 0. The molecule has 0 heterocycles.